The molecule has 0 aliphatic carbocycles. The minimum atomic E-state index is -0.794. The van der Waals surface area contributed by atoms with Gasteiger partial charge < -0.3 is 19.7 Å². The number of aryl methyl sites for hydroxylation is 2. The fourth-order valence-corrected chi connectivity index (χ4v) is 3.09. The van der Waals surface area contributed by atoms with Gasteiger partial charge in [-0.15, -0.1) is 0 Å². The van der Waals surface area contributed by atoms with Crippen LogP contribution < -0.4 is 14.8 Å². The molecule has 0 saturated carbocycles. The lowest BCUT2D eigenvalue weighted by Gasteiger charge is -2.33. The molecule has 1 N–H and O–H groups in total. The highest BCUT2D eigenvalue weighted by atomic mass is 16.6. The Hall–Kier alpha value is -3.02. The van der Waals surface area contributed by atoms with E-state index < -0.39 is 12.2 Å². The number of hydrogen-bond donors (Lipinski definition) is 1. The van der Waals surface area contributed by atoms with Gasteiger partial charge in [-0.05, 0) is 44.0 Å². The Bertz CT molecular complexity index is 845. The van der Waals surface area contributed by atoms with Crippen LogP contribution in [0.4, 0.5) is 5.69 Å². The van der Waals surface area contributed by atoms with E-state index in [1.165, 1.54) is 4.90 Å². The Morgan fingerprint density at radius 3 is 2.22 bits per heavy atom. The molecule has 0 radical (unpaired) electrons. The van der Waals surface area contributed by atoms with Gasteiger partial charge >= 0.3 is 0 Å². The van der Waals surface area contributed by atoms with Crippen molar-refractivity contribution < 1.29 is 19.1 Å². The summed E-state index contributed by atoms with van der Waals surface area (Å²) in [5.74, 6) is 0.591. The Balaban J connectivity index is 1.65. The molecule has 0 bridgehead atoms. The number of likely N-dealkylation sites (N-methyl/N-ethyl adjacent to an activating group) is 1. The molecule has 3 rings (SSSR count). The Morgan fingerprint density at radius 1 is 1.00 bits per heavy atom. The number of fused-ring (bicyclic) bond motifs is 1. The molecule has 1 aliphatic rings. The minimum absolute atomic E-state index is 0.0686. The molecule has 2 aromatic rings. The number of carbonyl (C=O) groups excluding carboxylic acids is 2. The second-order valence-electron chi connectivity index (χ2n) is 6.82. The number of rotatable bonds is 4. The topological polar surface area (TPSA) is 67.9 Å². The first kappa shape index (κ1) is 18.8. The fraction of sp³-hybridized carbons (Fsp3) is 0.333. The summed E-state index contributed by atoms with van der Waals surface area (Å²) in [6, 6.07) is 13.0. The van der Waals surface area contributed by atoms with Crippen LogP contribution in [0.3, 0.4) is 0 Å². The zero-order chi connectivity index (χ0) is 19.6. The van der Waals surface area contributed by atoms with Crippen molar-refractivity contribution in [2.75, 3.05) is 18.9 Å². The van der Waals surface area contributed by atoms with Gasteiger partial charge in [0.15, 0.2) is 11.5 Å². The number of carbonyl (C=O) groups is 2. The molecule has 27 heavy (non-hydrogen) atoms. The molecule has 1 aliphatic heterocycles. The normalized spacial score (nSPS) is 17.9. The van der Waals surface area contributed by atoms with E-state index in [1.54, 1.807) is 26.1 Å². The van der Waals surface area contributed by atoms with Crippen LogP contribution in [0, 0.1) is 13.8 Å². The van der Waals surface area contributed by atoms with E-state index in [4.69, 9.17) is 9.47 Å². The average Bonchev–Trinajstić information content (AvgIpc) is 2.63. The standard InChI is InChI=1S/C21H24N2O4/c1-13-8-7-9-14(2)19(13)22-18(24)12-23(4)21(25)20-15(3)26-16-10-5-6-11-17(16)27-20/h5-11,15,20H,12H2,1-4H3,(H,22,24). The first-order valence-electron chi connectivity index (χ1n) is 8.90. The van der Waals surface area contributed by atoms with Crippen molar-refractivity contribution >= 4 is 17.5 Å². The first-order chi connectivity index (χ1) is 12.9. The predicted octanol–water partition coefficient (Wildman–Crippen LogP) is 2.93. The number of amides is 2. The summed E-state index contributed by atoms with van der Waals surface area (Å²) >= 11 is 0. The van der Waals surface area contributed by atoms with E-state index in [-0.39, 0.29) is 18.4 Å². The van der Waals surface area contributed by atoms with E-state index in [1.807, 2.05) is 44.2 Å². The van der Waals surface area contributed by atoms with Gasteiger partial charge in [-0.2, -0.15) is 0 Å². The maximum Gasteiger partial charge on any atom is 0.267 e. The lowest BCUT2D eigenvalue weighted by atomic mass is 10.1. The Morgan fingerprint density at radius 2 is 1.59 bits per heavy atom. The molecule has 0 aromatic heterocycles. The van der Waals surface area contributed by atoms with Gasteiger partial charge in [0.2, 0.25) is 12.0 Å². The van der Waals surface area contributed by atoms with Crippen molar-refractivity contribution in [2.24, 2.45) is 0 Å². The molecule has 6 nitrogen and oxygen atoms in total. The van der Waals surface area contributed by atoms with Crippen LogP contribution in [-0.4, -0.2) is 42.5 Å². The number of para-hydroxylation sites is 3. The second kappa shape index (κ2) is 7.70. The van der Waals surface area contributed by atoms with Gasteiger partial charge in [0.05, 0.1) is 6.54 Å². The summed E-state index contributed by atoms with van der Waals surface area (Å²) in [5, 5.41) is 2.89. The SMILES string of the molecule is Cc1cccc(C)c1NC(=O)CN(C)C(=O)C1Oc2ccccc2OC1C. The number of nitrogens with one attached hydrogen (secondary N) is 1. The molecule has 1 heterocycles. The monoisotopic (exact) mass is 368 g/mol. The smallest absolute Gasteiger partial charge is 0.267 e. The highest BCUT2D eigenvalue weighted by molar-refractivity contribution is 5.96. The van der Waals surface area contributed by atoms with Gasteiger partial charge in [-0.3, -0.25) is 9.59 Å². The lowest BCUT2D eigenvalue weighted by Crippen LogP contribution is -2.51. The molecule has 142 valence electrons. The average molecular weight is 368 g/mol. The van der Waals surface area contributed by atoms with Crippen molar-refractivity contribution in [1.82, 2.24) is 4.90 Å². The number of hydrogen-bond acceptors (Lipinski definition) is 4. The molecule has 2 aromatic carbocycles. The molecule has 2 unspecified atom stereocenters. The Kier molecular flexibility index (Phi) is 5.35. The largest absolute Gasteiger partial charge is 0.482 e. The van der Waals surface area contributed by atoms with Crippen LogP contribution in [0.15, 0.2) is 42.5 Å². The van der Waals surface area contributed by atoms with Gasteiger partial charge in [-0.25, -0.2) is 0 Å². The van der Waals surface area contributed by atoms with E-state index in [0.717, 1.165) is 16.8 Å². The third-order valence-corrected chi connectivity index (χ3v) is 4.59. The van der Waals surface area contributed by atoms with Gasteiger partial charge in [0.1, 0.15) is 6.10 Å². The maximum absolute atomic E-state index is 12.8. The molecule has 0 fully saturated rings. The Labute approximate surface area is 159 Å². The van der Waals surface area contributed by atoms with Crippen LogP contribution >= 0.6 is 0 Å². The fourth-order valence-electron chi connectivity index (χ4n) is 3.09. The highest BCUT2D eigenvalue weighted by Gasteiger charge is 2.36. The number of nitrogens with zero attached hydrogens (tertiary/aromatic N) is 1. The summed E-state index contributed by atoms with van der Waals surface area (Å²) in [5.41, 5.74) is 2.74. The van der Waals surface area contributed by atoms with Crippen LogP contribution in [-0.2, 0) is 9.59 Å². The van der Waals surface area contributed by atoms with E-state index >= 15 is 0 Å². The van der Waals surface area contributed by atoms with E-state index in [2.05, 4.69) is 5.32 Å². The molecular formula is C21H24N2O4. The van der Waals surface area contributed by atoms with E-state index in [9.17, 15) is 9.59 Å². The lowest BCUT2D eigenvalue weighted by molar-refractivity contribution is -0.144. The third-order valence-electron chi connectivity index (χ3n) is 4.59. The zero-order valence-electron chi connectivity index (χ0n) is 16.0. The van der Waals surface area contributed by atoms with Crippen molar-refractivity contribution in [3.8, 4) is 11.5 Å². The molecule has 2 amide bonds. The molecule has 2 atom stereocenters. The molecular weight excluding hydrogens is 344 g/mol. The van der Waals surface area contributed by atoms with Crippen LogP contribution in [0.5, 0.6) is 11.5 Å². The summed E-state index contributed by atoms with van der Waals surface area (Å²) in [6.45, 7) is 5.58. The van der Waals surface area contributed by atoms with Crippen LogP contribution in [0.25, 0.3) is 0 Å². The van der Waals surface area contributed by atoms with Crippen LogP contribution in [0.1, 0.15) is 18.1 Å². The summed E-state index contributed by atoms with van der Waals surface area (Å²) < 4.78 is 11.6. The van der Waals surface area contributed by atoms with Crippen molar-refractivity contribution in [3.05, 3.63) is 53.6 Å². The van der Waals surface area contributed by atoms with Gasteiger partial charge in [-0.1, -0.05) is 30.3 Å². The minimum Gasteiger partial charge on any atom is -0.482 e. The number of benzene rings is 2. The zero-order valence-corrected chi connectivity index (χ0v) is 16.0. The number of ether oxygens (including phenoxy) is 2. The summed E-state index contributed by atoms with van der Waals surface area (Å²) in [7, 11) is 1.59. The van der Waals surface area contributed by atoms with Crippen molar-refractivity contribution in [3.63, 3.8) is 0 Å². The summed E-state index contributed by atoms with van der Waals surface area (Å²) in [6.07, 6.45) is -1.24. The highest BCUT2D eigenvalue weighted by Crippen LogP contribution is 2.33. The quantitative estimate of drug-likeness (QED) is 0.901. The maximum atomic E-state index is 12.8. The van der Waals surface area contributed by atoms with E-state index in [0.29, 0.717) is 11.5 Å². The van der Waals surface area contributed by atoms with Gasteiger partial charge in [0, 0.05) is 12.7 Å². The van der Waals surface area contributed by atoms with Crippen molar-refractivity contribution in [1.29, 1.82) is 0 Å². The third kappa shape index (κ3) is 4.05. The molecule has 0 spiro atoms. The molecule has 0 saturated heterocycles. The number of anilines is 1. The predicted molar refractivity (Wildman–Crippen MR) is 103 cm³/mol. The van der Waals surface area contributed by atoms with Crippen molar-refractivity contribution in [2.45, 2.75) is 33.0 Å². The summed E-state index contributed by atoms with van der Waals surface area (Å²) in [4.78, 5) is 26.6. The molecule has 6 heteroatoms. The van der Waals surface area contributed by atoms with Gasteiger partial charge in [0.25, 0.3) is 5.91 Å². The first-order valence-corrected chi connectivity index (χ1v) is 8.90. The second-order valence-corrected chi connectivity index (χ2v) is 6.82. The van der Waals surface area contributed by atoms with Crippen LogP contribution in [0.2, 0.25) is 0 Å².